The van der Waals surface area contributed by atoms with Gasteiger partial charge in [-0.3, -0.25) is 0 Å². The molecule has 0 spiro atoms. The number of hydrogen-bond acceptors (Lipinski definition) is 4. The Hall–Kier alpha value is -2.08. The van der Waals surface area contributed by atoms with Gasteiger partial charge in [0, 0.05) is 23.9 Å². The highest BCUT2D eigenvalue weighted by molar-refractivity contribution is 7.13. The fraction of sp³-hybridized carbons (Fsp3) is 0.312. The van der Waals surface area contributed by atoms with E-state index >= 15 is 0 Å². The molecule has 0 aliphatic heterocycles. The van der Waals surface area contributed by atoms with Gasteiger partial charge in [-0.05, 0) is 30.7 Å². The molecule has 0 aliphatic carbocycles. The second kappa shape index (κ2) is 6.79. The van der Waals surface area contributed by atoms with Gasteiger partial charge in [0.05, 0.1) is 17.6 Å². The molecule has 0 saturated carbocycles. The standard InChI is InChI=1S/C16H17FN4S/c1-2-3-15-10-18-20-21(15)9-8-14-11-22-16(19-14)12-4-6-13(17)7-5-12/h4-7,10-11H,2-3,8-9H2,1H3. The van der Waals surface area contributed by atoms with Crippen LogP contribution >= 0.6 is 11.3 Å². The summed E-state index contributed by atoms with van der Waals surface area (Å²) in [7, 11) is 0. The smallest absolute Gasteiger partial charge is 0.123 e. The fourth-order valence-corrected chi connectivity index (χ4v) is 3.14. The Labute approximate surface area is 132 Å². The summed E-state index contributed by atoms with van der Waals surface area (Å²) in [6.45, 7) is 2.93. The lowest BCUT2D eigenvalue weighted by Crippen LogP contribution is -2.07. The maximum Gasteiger partial charge on any atom is 0.123 e. The van der Waals surface area contributed by atoms with Crippen molar-refractivity contribution in [3.05, 3.63) is 53.0 Å². The highest BCUT2D eigenvalue weighted by Gasteiger charge is 2.07. The topological polar surface area (TPSA) is 43.6 Å². The van der Waals surface area contributed by atoms with E-state index in [-0.39, 0.29) is 5.82 Å². The van der Waals surface area contributed by atoms with Gasteiger partial charge >= 0.3 is 0 Å². The molecule has 4 nitrogen and oxygen atoms in total. The Bertz CT molecular complexity index is 733. The summed E-state index contributed by atoms with van der Waals surface area (Å²) >= 11 is 1.58. The van der Waals surface area contributed by atoms with Crippen molar-refractivity contribution in [2.75, 3.05) is 0 Å². The number of halogens is 1. The number of benzene rings is 1. The van der Waals surface area contributed by atoms with Crippen LogP contribution < -0.4 is 0 Å². The first-order valence-corrected chi connectivity index (χ1v) is 8.22. The molecule has 22 heavy (non-hydrogen) atoms. The van der Waals surface area contributed by atoms with E-state index in [1.165, 1.54) is 12.1 Å². The molecule has 3 rings (SSSR count). The number of thiazole rings is 1. The van der Waals surface area contributed by atoms with Crippen LogP contribution in [0, 0.1) is 5.82 Å². The fourth-order valence-electron chi connectivity index (χ4n) is 2.28. The van der Waals surface area contributed by atoms with Crippen molar-refractivity contribution in [1.82, 2.24) is 20.0 Å². The van der Waals surface area contributed by atoms with E-state index in [9.17, 15) is 4.39 Å². The number of rotatable bonds is 6. The predicted molar refractivity (Wildman–Crippen MR) is 85.2 cm³/mol. The van der Waals surface area contributed by atoms with Crippen LogP contribution in [0.3, 0.4) is 0 Å². The number of hydrogen-bond donors (Lipinski definition) is 0. The first kappa shape index (κ1) is 14.8. The monoisotopic (exact) mass is 316 g/mol. The summed E-state index contributed by atoms with van der Waals surface area (Å²) < 4.78 is 14.9. The number of aromatic nitrogens is 4. The molecule has 114 valence electrons. The lowest BCUT2D eigenvalue weighted by molar-refractivity contribution is 0.558. The van der Waals surface area contributed by atoms with Crippen LogP contribution in [0.4, 0.5) is 4.39 Å². The van der Waals surface area contributed by atoms with Gasteiger partial charge in [-0.15, -0.1) is 16.4 Å². The predicted octanol–water partition coefficient (Wildman–Crippen LogP) is 3.74. The molecule has 6 heteroatoms. The zero-order valence-electron chi connectivity index (χ0n) is 12.4. The first-order chi connectivity index (χ1) is 10.8. The highest BCUT2D eigenvalue weighted by Crippen LogP contribution is 2.24. The Kier molecular flexibility index (Phi) is 4.58. The average molecular weight is 316 g/mol. The summed E-state index contributed by atoms with van der Waals surface area (Å²) in [6.07, 6.45) is 4.72. The molecule has 0 bridgehead atoms. The van der Waals surface area contributed by atoms with E-state index in [2.05, 4.69) is 27.6 Å². The lowest BCUT2D eigenvalue weighted by Gasteiger charge is -2.03. The van der Waals surface area contributed by atoms with Crippen LogP contribution in [0.1, 0.15) is 24.7 Å². The van der Waals surface area contributed by atoms with Crippen molar-refractivity contribution in [3.63, 3.8) is 0 Å². The minimum Gasteiger partial charge on any atom is -0.249 e. The van der Waals surface area contributed by atoms with Gasteiger partial charge in [-0.2, -0.15) is 0 Å². The molecule has 2 heterocycles. The van der Waals surface area contributed by atoms with Gasteiger partial charge in [0.1, 0.15) is 10.8 Å². The molecule has 0 N–H and O–H groups in total. The van der Waals surface area contributed by atoms with E-state index < -0.39 is 0 Å². The maximum absolute atomic E-state index is 13.0. The molecule has 2 aromatic heterocycles. The summed E-state index contributed by atoms with van der Waals surface area (Å²) in [5.74, 6) is -0.227. The quantitative estimate of drug-likeness (QED) is 0.696. The molecule has 1 aromatic carbocycles. The Morgan fingerprint density at radius 1 is 1.18 bits per heavy atom. The summed E-state index contributed by atoms with van der Waals surface area (Å²) in [5.41, 5.74) is 3.14. The molecule has 0 amide bonds. The van der Waals surface area contributed by atoms with Crippen LogP contribution in [0.25, 0.3) is 10.6 Å². The molecular formula is C16H17FN4S. The summed E-state index contributed by atoms with van der Waals surface area (Å²) in [4.78, 5) is 4.62. The minimum absolute atomic E-state index is 0.227. The van der Waals surface area contributed by atoms with Crippen molar-refractivity contribution < 1.29 is 4.39 Å². The van der Waals surface area contributed by atoms with Crippen LogP contribution in [-0.4, -0.2) is 20.0 Å². The molecule has 0 saturated heterocycles. The second-order valence-electron chi connectivity index (χ2n) is 5.10. The van der Waals surface area contributed by atoms with Crippen molar-refractivity contribution in [3.8, 4) is 10.6 Å². The Morgan fingerprint density at radius 3 is 2.77 bits per heavy atom. The Morgan fingerprint density at radius 2 is 2.00 bits per heavy atom. The van der Waals surface area contributed by atoms with Gasteiger partial charge in [0.15, 0.2) is 0 Å². The van der Waals surface area contributed by atoms with Gasteiger partial charge in [-0.25, -0.2) is 14.1 Å². The molecule has 0 unspecified atom stereocenters. The molecule has 0 atom stereocenters. The normalized spacial score (nSPS) is 11.0. The van der Waals surface area contributed by atoms with Crippen molar-refractivity contribution in [1.29, 1.82) is 0 Å². The van der Waals surface area contributed by atoms with Gasteiger partial charge < -0.3 is 0 Å². The molecule has 3 aromatic rings. The van der Waals surface area contributed by atoms with Crippen LogP contribution in [0.5, 0.6) is 0 Å². The average Bonchev–Trinajstić information content (AvgIpc) is 3.16. The number of nitrogens with zero attached hydrogens (tertiary/aromatic N) is 4. The first-order valence-electron chi connectivity index (χ1n) is 7.34. The molecular weight excluding hydrogens is 299 g/mol. The zero-order chi connectivity index (χ0) is 15.4. The molecule has 0 aliphatic rings. The SMILES string of the molecule is CCCc1cnnn1CCc1csc(-c2ccc(F)cc2)n1. The van der Waals surface area contributed by atoms with E-state index in [1.807, 2.05) is 10.9 Å². The van der Waals surface area contributed by atoms with Gasteiger partial charge in [-0.1, -0.05) is 18.6 Å². The highest BCUT2D eigenvalue weighted by atomic mass is 32.1. The summed E-state index contributed by atoms with van der Waals surface area (Å²) in [5, 5.41) is 11.1. The van der Waals surface area contributed by atoms with E-state index in [1.54, 1.807) is 23.5 Å². The largest absolute Gasteiger partial charge is 0.249 e. The van der Waals surface area contributed by atoms with Crippen LogP contribution in [0.2, 0.25) is 0 Å². The van der Waals surface area contributed by atoms with E-state index in [4.69, 9.17) is 0 Å². The lowest BCUT2D eigenvalue weighted by atomic mass is 10.2. The van der Waals surface area contributed by atoms with Gasteiger partial charge in [0.2, 0.25) is 0 Å². The van der Waals surface area contributed by atoms with E-state index in [0.717, 1.165) is 47.8 Å². The van der Waals surface area contributed by atoms with Crippen LogP contribution in [-0.2, 0) is 19.4 Å². The van der Waals surface area contributed by atoms with Crippen molar-refractivity contribution >= 4 is 11.3 Å². The maximum atomic E-state index is 13.0. The minimum atomic E-state index is -0.227. The Balaban J connectivity index is 1.67. The third-order valence-corrected chi connectivity index (χ3v) is 4.37. The third-order valence-electron chi connectivity index (χ3n) is 3.43. The molecule has 0 radical (unpaired) electrons. The summed E-state index contributed by atoms with van der Waals surface area (Å²) in [6, 6.07) is 6.44. The number of aryl methyl sites for hydroxylation is 3. The van der Waals surface area contributed by atoms with E-state index in [0.29, 0.717) is 0 Å². The second-order valence-corrected chi connectivity index (χ2v) is 5.96. The van der Waals surface area contributed by atoms with Crippen LogP contribution in [0.15, 0.2) is 35.8 Å². The van der Waals surface area contributed by atoms with Crippen molar-refractivity contribution in [2.45, 2.75) is 32.7 Å². The molecule has 0 fully saturated rings. The van der Waals surface area contributed by atoms with Crippen molar-refractivity contribution in [2.24, 2.45) is 0 Å². The third kappa shape index (κ3) is 3.39. The van der Waals surface area contributed by atoms with Gasteiger partial charge in [0.25, 0.3) is 0 Å². The zero-order valence-corrected chi connectivity index (χ0v) is 13.2.